The van der Waals surface area contributed by atoms with Gasteiger partial charge in [-0.1, -0.05) is 54.6 Å². The van der Waals surface area contributed by atoms with Crippen LogP contribution in [0.4, 0.5) is 0 Å². The number of carbonyl (C=O) groups is 3. The number of hydrogen-bond acceptors (Lipinski definition) is 10. The van der Waals surface area contributed by atoms with E-state index in [4.69, 9.17) is 5.73 Å². The Morgan fingerprint density at radius 1 is 0.523 bits per heavy atom. The number of amides is 3. The first kappa shape index (κ1) is 33.3. The van der Waals surface area contributed by atoms with Crippen molar-refractivity contribution in [2.75, 3.05) is 19.6 Å². The van der Waals surface area contributed by atoms with Gasteiger partial charge in [0, 0.05) is 41.9 Å². The van der Waals surface area contributed by atoms with E-state index < -0.39 is 57.8 Å². The Balaban J connectivity index is 1.54. The summed E-state index contributed by atoms with van der Waals surface area (Å²) >= 11 is 0. The zero-order valence-corrected chi connectivity index (χ0v) is 23.8. The highest BCUT2D eigenvalue weighted by Crippen LogP contribution is 2.26. The molecule has 0 unspecified atom stereocenters. The molecule has 0 fully saturated rings. The van der Waals surface area contributed by atoms with Gasteiger partial charge in [0.25, 0.3) is 17.7 Å². The molecule has 3 rings (SSSR count). The normalized spacial score (nSPS) is 11.1. The third-order valence-electron chi connectivity index (χ3n) is 7.08. The van der Waals surface area contributed by atoms with Gasteiger partial charge >= 0.3 is 0 Å². The lowest BCUT2D eigenvalue weighted by molar-refractivity contribution is -0.317. The summed E-state index contributed by atoms with van der Waals surface area (Å²) in [7, 11) is 0. The van der Waals surface area contributed by atoms with Crippen molar-refractivity contribution in [3.8, 4) is 34.5 Å². The van der Waals surface area contributed by atoms with Gasteiger partial charge in [0.2, 0.25) is 0 Å². The topological polar surface area (TPSA) is 252 Å². The molecule has 0 aliphatic carbocycles. The number of rotatable bonds is 15. The maximum absolute atomic E-state index is 12.4. The summed E-state index contributed by atoms with van der Waals surface area (Å²) in [5, 5.41) is 78.2. The molecule has 0 aliphatic heterocycles. The number of hydrogen-bond donors (Lipinski definition) is 4. The van der Waals surface area contributed by atoms with Gasteiger partial charge in [0.05, 0.1) is 0 Å². The fourth-order valence-corrected chi connectivity index (χ4v) is 4.67. The van der Waals surface area contributed by atoms with E-state index in [2.05, 4.69) is 16.0 Å². The summed E-state index contributed by atoms with van der Waals surface area (Å²) in [6, 6.07) is 11.0. The molecular formula is C31H32N4O9-6. The van der Waals surface area contributed by atoms with Crippen LogP contribution in [-0.2, 0) is 0 Å². The third kappa shape index (κ3) is 8.91. The molecular weight excluding hydrogens is 572 g/mol. The lowest BCUT2D eigenvalue weighted by Gasteiger charge is -2.30. The van der Waals surface area contributed by atoms with Crippen molar-refractivity contribution in [2.24, 2.45) is 5.73 Å². The standard InChI is InChI=1S/C31H38N4O9/c32-31(13-4-16-33-28(42)19-7-1-10-22(36)25(19)39,14-5-17-34-29(43)20-8-2-11-23(37)26(20)40)15-6-18-35-30(44)21-9-3-12-24(38)27(21)41/h1-3,7-12,36-41H,4-6,13-18,32H2,(H,33,42)(H,34,43)(H,35,44)/p-6. The summed E-state index contributed by atoms with van der Waals surface area (Å²) in [5.41, 5.74) is 5.12. The monoisotopic (exact) mass is 604 g/mol. The molecule has 0 atom stereocenters. The van der Waals surface area contributed by atoms with Gasteiger partial charge in [-0.2, -0.15) is 0 Å². The zero-order valence-electron chi connectivity index (χ0n) is 23.8. The van der Waals surface area contributed by atoms with Gasteiger partial charge in [0.1, 0.15) is 0 Å². The average Bonchev–Trinajstić information content (AvgIpc) is 2.99. The van der Waals surface area contributed by atoms with Crippen molar-refractivity contribution in [2.45, 2.75) is 44.1 Å². The lowest BCUT2D eigenvalue weighted by Crippen LogP contribution is -2.42. The third-order valence-corrected chi connectivity index (χ3v) is 7.08. The van der Waals surface area contributed by atoms with Crippen LogP contribution in [0, 0.1) is 0 Å². The summed E-state index contributed by atoms with van der Waals surface area (Å²) in [6.45, 7) is 0.468. The average molecular weight is 605 g/mol. The first-order valence-electron chi connectivity index (χ1n) is 14.0. The number of para-hydroxylation sites is 3. The number of nitrogens with two attached hydrogens (primary N) is 1. The maximum atomic E-state index is 12.4. The molecule has 0 saturated heterocycles. The van der Waals surface area contributed by atoms with Crippen LogP contribution in [0.2, 0.25) is 0 Å². The summed E-state index contributed by atoms with van der Waals surface area (Å²) < 4.78 is 0. The van der Waals surface area contributed by atoms with Gasteiger partial charge in [0.15, 0.2) is 0 Å². The van der Waals surface area contributed by atoms with Crippen molar-refractivity contribution < 1.29 is 45.0 Å². The van der Waals surface area contributed by atoms with E-state index in [9.17, 15) is 45.0 Å². The van der Waals surface area contributed by atoms with Gasteiger partial charge < -0.3 is 52.3 Å². The molecule has 0 saturated carbocycles. The predicted octanol–water partition coefficient (Wildman–Crippen LogP) is -1.24. The number of nitrogens with one attached hydrogen (secondary N) is 3. The van der Waals surface area contributed by atoms with Crippen LogP contribution in [-0.4, -0.2) is 42.9 Å². The molecule has 0 radical (unpaired) electrons. The highest BCUT2D eigenvalue weighted by atomic mass is 16.3. The molecule has 3 aromatic rings. The summed E-state index contributed by atoms with van der Waals surface area (Å²) in [5.74, 6) is -7.05. The molecule has 3 amide bonds. The summed E-state index contributed by atoms with van der Waals surface area (Å²) in [4.78, 5) is 37.1. The second-order valence-corrected chi connectivity index (χ2v) is 10.3. The van der Waals surface area contributed by atoms with Crippen molar-refractivity contribution in [3.05, 3.63) is 71.3 Å². The summed E-state index contributed by atoms with van der Waals surface area (Å²) in [6.07, 6.45) is 2.39. The van der Waals surface area contributed by atoms with E-state index in [0.717, 1.165) is 18.2 Å². The Morgan fingerprint density at radius 2 is 0.795 bits per heavy atom. The van der Waals surface area contributed by atoms with E-state index in [1.807, 2.05) is 0 Å². The Hall–Kier alpha value is -5.17. The van der Waals surface area contributed by atoms with Crippen molar-refractivity contribution in [1.82, 2.24) is 16.0 Å². The molecule has 3 aromatic carbocycles. The van der Waals surface area contributed by atoms with Crippen LogP contribution in [0.1, 0.15) is 69.6 Å². The van der Waals surface area contributed by atoms with Crippen LogP contribution in [0.15, 0.2) is 54.6 Å². The van der Waals surface area contributed by atoms with Crippen molar-refractivity contribution >= 4 is 17.7 Å². The molecule has 0 bridgehead atoms. The molecule has 13 nitrogen and oxygen atoms in total. The van der Waals surface area contributed by atoms with E-state index in [1.165, 1.54) is 36.4 Å². The highest BCUT2D eigenvalue weighted by molar-refractivity contribution is 5.98. The highest BCUT2D eigenvalue weighted by Gasteiger charge is 2.24. The van der Waals surface area contributed by atoms with Crippen LogP contribution in [0.5, 0.6) is 34.5 Å². The molecule has 13 heteroatoms. The van der Waals surface area contributed by atoms with E-state index in [0.29, 0.717) is 38.5 Å². The minimum Gasteiger partial charge on any atom is -0.873 e. The Bertz CT molecular complexity index is 1310. The van der Waals surface area contributed by atoms with Gasteiger partial charge in [-0.25, -0.2) is 0 Å². The van der Waals surface area contributed by atoms with E-state index in [-0.39, 0.29) is 36.3 Å². The molecule has 0 spiro atoms. The molecule has 0 heterocycles. The number of carbonyl (C=O) groups excluding carboxylic acids is 3. The smallest absolute Gasteiger partial charge is 0.250 e. The van der Waals surface area contributed by atoms with Crippen LogP contribution in [0.25, 0.3) is 0 Å². The number of benzene rings is 3. The molecule has 5 N–H and O–H groups in total. The van der Waals surface area contributed by atoms with E-state index in [1.54, 1.807) is 0 Å². The maximum Gasteiger partial charge on any atom is 0.250 e. The van der Waals surface area contributed by atoms with E-state index >= 15 is 0 Å². The first-order valence-corrected chi connectivity index (χ1v) is 14.0. The molecule has 0 aliphatic rings. The lowest BCUT2D eigenvalue weighted by atomic mass is 9.84. The minimum atomic E-state index is -0.889. The van der Waals surface area contributed by atoms with Gasteiger partial charge in [-0.3, -0.25) is 14.4 Å². The van der Waals surface area contributed by atoms with Crippen molar-refractivity contribution in [1.29, 1.82) is 0 Å². The molecule has 236 valence electrons. The Kier molecular flexibility index (Phi) is 11.6. The van der Waals surface area contributed by atoms with Crippen molar-refractivity contribution in [3.63, 3.8) is 0 Å². The van der Waals surface area contributed by atoms with Gasteiger partial charge in [-0.05, 0) is 38.5 Å². The second kappa shape index (κ2) is 15.3. The minimum absolute atomic E-state index is 0.156. The Labute approximate surface area is 254 Å². The quantitative estimate of drug-likeness (QED) is 0.150. The first-order chi connectivity index (χ1) is 20.9. The van der Waals surface area contributed by atoms with Crippen LogP contribution >= 0.6 is 0 Å². The largest absolute Gasteiger partial charge is 0.873 e. The fourth-order valence-electron chi connectivity index (χ4n) is 4.67. The SMILES string of the molecule is NC(CCCNC(=O)c1cccc([O-])c1[O-])(CCCNC(=O)c1cccc([O-])c1[O-])CCCNC(=O)c1cccc([O-])c1[O-]. The predicted molar refractivity (Wildman–Crippen MR) is 148 cm³/mol. The zero-order chi connectivity index (χ0) is 32.3. The van der Waals surface area contributed by atoms with Crippen LogP contribution in [0.3, 0.4) is 0 Å². The fraction of sp³-hybridized carbons (Fsp3) is 0.323. The molecule has 0 aromatic heterocycles. The van der Waals surface area contributed by atoms with Crippen LogP contribution < -0.4 is 52.3 Å². The Morgan fingerprint density at radius 3 is 1.07 bits per heavy atom. The van der Waals surface area contributed by atoms with Gasteiger partial charge in [-0.15, -0.1) is 34.5 Å². The second-order valence-electron chi connectivity index (χ2n) is 10.3. The molecule has 44 heavy (non-hydrogen) atoms.